The Morgan fingerprint density at radius 1 is 0.905 bits per heavy atom. The molecule has 0 heterocycles. The maximum atomic E-state index is 11.9. The van der Waals surface area contributed by atoms with E-state index in [0.29, 0.717) is 25.2 Å². The van der Waals surface area contributed by atoms with Crippen LogP contribution in [0.3, 0.4) is 0 Å². The lowest BCUT2D eigenvalue weighted by atomic mass is 9.52. The molecule has 0 aromatic rings. The monoisotopic (exact) mass is 293 g/mol. The molecule has 0 spiro atoms. The zero-order chi connectivity index (χ0) is 14.8. The normalized spacial score (nSPS) is 36.7. The molecule has 4 fully saturated rings. The Balaban J connectivity index is 1.37. The number of hydrogen-bond acceptors (Lipinski definition) is 2. The van der Waals surface area contributed by atoms with Crippen LogP contribution in [0.1, 0.15) is 57.8 Å². The van der Waals surface area contributed by atoms with Gasteiger partial charge in [0, 0.05) is 19.4 Å². The first-order valence-electron chi connectivity index (χ1n) is 8.60. The summed E-state index contributed by atoms with van der Waals surface area (Å²) < 4.78 is 0. The number of unbranched alkanes of at least 4 members (excludes halogenated alkanes) is 1. The Labute approximate surface area is 126 Å². The van der Waals surface area contributed by atoms with E-state index in [-0.39, 0.29) is 12.3 Å². The van der Waals surface area contributed by atoms with Gasteiger partial charge in [-0.1, -0.05) is 0 Å². The standard InChI is InChI=1S/C17H27NO3/c19-16(3-1-2-4-17(20)21)18-10-15-13-6-11-5-12(8-13)9-14(15)7-11/h11-15H,1-10H2,(H,18,19)(H,20,21). The van der Waals surface area contributed by atoms with Gasteiger partial charge in [-0.25, -0.2) is 0 Å². The number of carbonyl (C=O) groups is 2. The van der Waals surface area contributed by atoms with Crippen molar-refractivity contribution < 1.29 is 14.7 Å². The van der Waals surface area contributed by atoms with Gasteiger partial charge in [-0.15, -0.1) is 0 Å². The van der Waals surface area contributed by atoms with Gasteiger partial charge >= 0.3 is 5.97 Å². The van der Waals surface area contributed by atoms with Crippen LogP contribution < -0.4 is 5.32 Å². The fraction of sp³-hybridized carbons (Fsp3) is 0.882. The van der Waals surface area contributed by atoms with Crippen LogP contribution in [0.4, 0.5) is 0 Å². The lowest BCUT2D eigenvalue weighted by Crippen LogP contribution is -2.49. The maximum absolute atomic E-state index is 11.9. The third-order valence-corrected chi connectivity index (χ3v) is 6.00. The fourth-order valence-corrected chi connectivity index (χ4v) is 5.25. The minimum atomic E-state index is -0.774. The van der Waals surface area contributed by atoms with Gasteiger partial charge in [0.25, 0.3) is 0 Å². The van der Waals surface area contributed by atoms with E-state index in [4.69, 9.17) is 5.11 Å². The predicted octanol–water partition coefficient (Wildman–Crippen LogP) is 2.82. The molecule has 21 heavy (non-hydrogen) atoms. The summed E-state index contributed by atoms with van der Waals surface area (Å²) in [4.78, 5) is 22.3. The molecule has 4 heteroatoms. The molecule has 4 saturated carbocycles. The molecule has 1 amide bonds. The summed E-state index contributed by atoms with van der Waals surface area (Å²) in [5.74, 6) is 3.71. The van der Waals surface area contributed by atoms with E-state index in [1.54, 1.807) is 0 Å². The van der Waals surface area contributed by atoms with E-state index in [0.717, 1.165) is 30.2 Å². The van der Waals surface area contributed by atoms with Crippen molar-refractivity contribution in [3.05, 3.63) is 0 Å². The average Bonchev–Trinajstić information content (AvgIpc) is 2.42. The first-order chi connectivity index (χ1) is 10.1. The number of aliphatic carboxylic acids is 1. The van der Waals surface area contributed by atoms with E-state index in [2.05, 4.69) is 5.32 Å². The maximum Gasteiger partial charge on any atom is 0.303 e. The Morgan fingerprint density at radius 3 is 2.05 bits per heavy atom. The highest BCUT2D eigenvalue weighted by atomic mass is 16.4. The van der Waals surface area contributed by atoms with Crippen LogP contribution in [0.5, 0.6) is 0 Å². The Kier molecular flexibility index (Phi) is 4.51. The van der Waals surface area contributed by atoms with E-state index in [1.807, 2.05) is 0 Å². The SMILES string of the molecule is O=C(O)CCCCC(=O)NCC1C2CC3CC(C2)CC1C3. The molecule has 0 unspecified atom stereocenters. The molecule has 2 N–H and O–H groups in total. The van der Waals surface area contributed by atoms with Crippen LogP contribution in [0.25, 0.3) is 0 Å². The molecule has 0 atom stereocenters. The number of carboxylic acids is 1. The van der Waals surface area contributed by atoms with Crippen molar-refractivity contribution in [3.8, 4) is 0 Å². The molecule has 0 aromatic heterocycles. The number of carboxylic acid groups (broad SMARTS) is 1. The van der Waals surface area contributed by atoms with E-state index in [1.165, 1.54) is 32.1 Å². The third kappa shape index (κ3) is 3.58. The minimum absolute atomic E-state index is 0.106. The van der Waals surface area contributed by atoms with Crippen molar-refractivity contribution in [1.82, 2.24) is 5.32 Å². The first kappa shape index (κ1) is 14.9. The summed E-state index contributed by atoms with van der Waals surface area (Å²) in [7, 11) is 0. The molecule has 118 valence electrons. The van der Waals surface area contributed by atoms with Crippen molar-refractivity contribution in [3.63, 3.8) is 0 Å². The number of amides is 1. The zero-order valence-electron chi connectivity index (χ0n) is 12.7. The molecule has 4 rings (SSSR count). The number of carbonyl (C=O) groups excluding carboxylic acids is 1. The van der Waals surface area contributed by atoms with Crippen molar-refractivity contribution in [1.29, 1.82) is 0 Å². The number of rotatable bonds is 7. The van der Waals surface area contributed by atoms with Crippen LogP contribution in [0, 0.1) is 29.6 Å². The average molecular weight is 293 g/mol. The Morgan fingerprint density at radius 2 is 1.48 bits per heavy atom. The van der Waals surface area contributed by atoms with Gasteiger partial charge in [0.1, 0.15) is 0 Å². The van der Waals surface area contributed by atoms with Crippen LogP contribution in [0.15, 0.2) is 0 Å². The highest BCUT2D eigenvalue weighted by Gasteiger charge is 2.47. The molecule has 4 aliphatic rings. The third-order valence-electron chi connectivity index (χ3n) is 6.00. The highest BCUT2D eigenvalue weighted by molar-refractivity contribution is 5.75. The fourth-order valence-electron chi connectivity index (χ4n) is 5.25. The topological polar surface area (TPSA) is 66.4 Å². The largest absolute Gasteiger partial charge is 0.481 e. The predicted molar refractivity (Wildman–Crippen MR) is 79.6 cm³/mol. The second kappa shape index (κ2) is 6.37. The van der Waals surface area contributed by atoms with Gasteiger partial charge in [0.05, 0.1) is 0 Å². The molecular weight excluding hydrogens is 266 g/mol. The lowest BCUT2D eigenvalue weighted by Gasteiger charge is -2.54. The van der Waals surface area contributed by atoms with Crippen molar-refractivity contribution >= 4 is 11.9 Å². The van der Waals surface area contributed by atoms with Crippen molar-refractivity contribution in [2.45, 2.75) is 57.8 Å². The molecular formula is C17H27NO3. The van der Waals surface area contributed by atoms with Crippen LogP contribution in [-0.4, -0.2) is 23.5 Å². The van der Waals surface area contributed by atoms with Crippen LogP contribution in [0.2, 0.25) is 0 Å². The molecule has 0 aromatic carbocycles. The summed E-state index contributed by atoms with van der Waals surface area (Å²) in [6.07, 6.45) is 8.97. The van der Waals surface area contributed by atoms with E-state index >= 15 is 0 Å². The lowest BCUT2D eigenvalue weighted by molar-refractivity contribution is -0.137. The second-order valence-corrected chi connectivity index (χ2v) is 7.50. The smallest absolute Gasteiger partial charge is 0.303 e. The van der Waals surface area contributed by atoms with Gasteiger partial charge in [-0.2, -0.15) is 0 Å². The van der Waals surface area contributed by atoms with Crippen molar-refractivity contribution in [2.75, 3.05) is 6.54 Å². The number of hydrogen-bond donors (Lipinski definition) is 2. The quantitative estimate of drug-likeness (QED) is 0.709. The van der Waals surface area contributed by atoms with Crippen LogP contribution >= 0.6 is 0 Å². The van der Waals surface area contributed by atoms with E-state index < -0.39 is 5.97 Å². The summed E-state index contributed by atoms with van der Waals surface area (Å²) in [5, 5.41) is 11.7. The molecule has 0 aliphatic heterocycles. The summed E-state index contributed by atoms with van der Waals surface area (Å²) in [5.41, 5.74) is 0. The van der Waals surface area contributed by atoms with Gasteiger partial charge in [-0.05, 0) is 74.5 Å². The Bertz CT molecular complexity index is 379. The van der Waals surface area contributed by atoms with Gasteiger partial charge in [0.15, 0.2) is 0 Å². The summed E-state index contributed by atoms with van der Waals surface area (Å²) in [6.45, 7) is 0.854. The van der Waals surface area contributed by atoms with E-state index in [9.17, 15) is 9.59 Å². The van der Waals surface area contributed by atoms with Gasteiger partial charge in [0.2, 0.25) is 5.91 Å². The summed E-state index contributed by atoms with van der Waals surface area (Å²) in [6, 6.07) is 0. The van der Waals surface area contributed by atoms with Gasteiger partial charge in [-0.3, -0.25) is 9.59 Å². The Hall–Kier alpha value is -1.06. The molecule has 0 radical (unpaired) electrons. The zero-order valence-corrected chi connectivity index (χ0v) is 12.7. The molecule has 4 nitrogen and oxygen atoms in total. The van der Waals surface area contributed by atoms with Gasteiger partial charge < -0.3 is 10.4 Å². The summed E-state index contributed by atoms with van der Waals surface area (Å²) >= 11 is 0. The van der Waals surface area contributed by atoms with Crippen LogP contribution in [-0.2, 0) is 9.59 Å². The first-order valence-corrected chi connectivity index (χ1v) is 8.60. The minimum Gasteiger partial charge on any atom is -0.481 e. The highest BCUT2D eigenvalue weighted by Crippen LogP contribution is 2.56. The second-order valence-electron chi connectivity index (χ2n) is 7.50. The van der Waals surface area contributed by atoms with Crippen molar-refractivity contribution in [2.24, 2.45) is 29.6 Å². The number of nitrogens with one attached hydrogen (secondary N) is 1. The molecule has 4 bridgehead atoms. The molecule has 4 aliphatic carbocycles. The molecule has 0 saturated heterocycles.